The van der Waals surface area contributed by atoms with Gasteiger partial charge in [-0.1, -0.05) is 25.3 Å². The SMILES string of the molecule is NCC1(CC(=O)NCc2ccc(Br)c(F)c2)CCCCC1. The molecule has 1 fully saturated rings. The molecule has 0 radical (unpaired) electrons. The summed E-state index contributed by atoms with van der Waals surface area (Å²) in [7, 11) is 0. The summed E-state index contributed by atoms with van der Waals surface area (Å²) in [5.74, 6) is -0.307. The van der Waals surface area contributed by atoms with E-state index in [-0.39, 0.29) is 17.1 Å². The molecule has 0 atom stereocenters. The van der Waals surface area contributed by atoms with Gasteiger partial charge < -0.3 is 11.1 Å². The van der Waals surface area contributed by atoms with Gasteiger partial charge in [0, 0.05) is 13.0 Å². The zero-order chi connectivity index (χ0) is 15.3. The molecule has 1 aliphatic carbocycles. The van der Waals surface area contributed by atoms with Crippen molar-refractivity contribution in [2.24, 2.45) is 11.1 Å². The lowest BCUT2D eigenvalue weighted by atomic mass is 9.71. The first-order valence-corrected chi connectivity index (χ1v) is 8.25. The average Bonchev–Trinajstić information content (AvgIpc) is 2.49. The molecule has 0 spiro atoms. The highest BCUT2D eigenvalue weighted by Crippen LogP contribution is 2.38. The minimum Gasteiger partial charge on any atom is -0.352 e. The third-order valence-corrected chi connectivity index (χ3v) is 5.00. The quantitative estimate of drug-likeness (QED) is 0.848. The standard InChI is InChI=1S/C16H22BrFN2O/c17-13-5-4-12(8-14(13)18)10-20-15(21)9-16(11-19)6-2-1-3-7-16/h4-5,8H,1-3,6-7,9-11,19H2,(H,20,21). The Balaban J connectivity index is 1.87. The number of nitrogens with two attached hydrogens (primary N) is 1. The Labute approximate surface area is 133 Å². The average molecular weight is 357 g/mol. The molecule has 0 bridgehead atoms. The molecular formula is C16H22BrFN2O. The summed E-state index contributed by atoms with van der Waals surface area (Å²) in [4.78, 5) is 12.1. The Hall–Kier alpha value is -0.940. The molecule has 0 heterocycles. The fraction of sp³-hybridized carbons (Fsp3) is 0.562. The topological polar surface area (TPSA) is 55.1 Å². The normalized spacial score (nSPS) is 17.5. The summed E-state index contributed by atoms with van der Waals surface area (Å²) in [6, 6.07) is 4.88. The third-order valence-electron chi connectivity index (χ3n) is 4.36. The fourth-order valence-electron chi connectivity index (χ4n) is 3.01. The minimum absolute atomic E-state index is 0.00526. The molecule has 5 heteroatoms. The van der Waals surface area contributed by atoms with E-state index in [1.54, 1.807) is 12.1 Å². The van der Waals surface area contributed by atoms with Crippen molar-refractivity contribution in [3.63, 3.8) is 0 Å². The van der Waals surface area contributed by atoms with Crippen LogP contribution in [0.1, 0.15) is 44.1 Å². The van der Waals surface area contributed by atoms with Crippen LogP contribution >= 0.6 is 15.9 Å². The van der Waals surface area contributed by atoms with Crippen molar-refractivity contribution in [3.05, 3.63) is 34.1 Å². The van der Waals surface area contributed by atoms with Crippen LogP contribution in [0.4, 0.5) is 4.39 Å². The summed E-state index contributed by atoms with van der Waals surface area (Å²) in [5.41, 5.74) is 6.62. The fourth-order valence-corrected chi connectivity index (χ4v) is 3.25. The molecule has 2 rings (SSSR count). The van der Waals surface area contributed by atoms with E-state index in [1.165, 1.54) is 12.5 Å². The van der Waals surface area contributed by atoms with Crippen molar-refractivity contribution in [2.75, 3.05) is 6.54 Å². The molecular weight excluding hydrogens is 335 g/mol. The second-order valence-electron chi connectivity index (χ2n) is 5.97. The van der Waals surface area contributed by atoms with Crippen LogP contribution in [0, 0.1) is 11.2 Å². The number of hydrogen-bond donors (Lipinski definition) is 2. The molecule has 0 aromatic heterocycles. The van der Waals surface area contributed by atoms with E-state index in [4.69, 9.17) is 5.73 Å². The van der Waals surface area contributed by atoms with Crippen LogP contribution in [-0.4, -0.2) is 12.5 Å². The number of benzene rings is 1. The van der Waals surface area contributed by atoms with Gasteiger partial charge in [0.25, 0.3) is 0 Å². The van der Waals surface area contributed by atoms with Crippen LogP contribution in [0.15, 0.2) is 22.7 Å². The van der Waals surface area contributed by atoms with Crippen molar-refractivity contribution in [1.29, 1.82) is 0 Å². The van der Waals surface area contributed by atoms with Crippen molar-refractivity contribution in [3.8, 4) is 0 Å². The Kier molecular flexibility index (Phi) is 5.76. The van der Waals surface area contributed by atoms with E-state index in [0.717, 1.165) is 31.2 Å². The second kappa shape index (κ2) is 7.36. The first-order chi connectivity index (χ1) is 10.0. The Bertz CT molecular complexity index is 501. The molecule has 1 aromatic rings. The molecule has 3 nitrogen and oxygen atoms in total. The number of carbonyl (C=O) groups excluding carboxylic acids is 1. The molecule has 0 unspecified atom stereocenters. The van der Waals surface area contributed by atoms with E-state index in [0.29, 0.717) is 24.0 Å². The van der Waals surface area contributed by atoms with Crippen LogP contribution in [-0.2, 0) is 11.3 Å². The largest absolute Gasteiger partial charge is 0.352 e. The highest BCUT2D eigenvalue weighted by molar-refractivity contribution is 9.10. The molecule has 1 aliphatic rings. The summed E-state index contributed by atoms with van der Waals surface area (Å²) in [6.07, 6.45) is 6.09. The van der Waals surface area contributed by atoms with Crippen molar-refractivity contribution in [2.45, 2.75) is 45.1 Å². The maximum Gasteiger partial charge on any atom is 0.220 e. The highest BCUT2D eigenvalue weighted by atomic mass is 79.9. The number of hydrogen-bond acceptors (Lipinski definition) is 2. The molecule has 3 N–H and O–H groups in total. The van der Waals surface area contributed by atoms with Crippen molar-refractivity contribution in [1.82, 2.24) is 5.32 Å². The van der Waals surface area contributed by atoms with Crippen molar-refractivity contribution >= 4 is 21.8 Å². The number of amides is 1. The highest BCUT2D eigenvalue weighted by Gasteiger charge is 2.32. The lowest BCUT2D eigenvalue weighted by Gasteiger charge is -2.35. The first-order valence-electron chi connectivity index (χ1n) is 7.45. The molecule has 0 saturated heterocycles. The monoisotopic (exact) mass is 356 g/mol. The smallest absolute Gasteiger partial charge is 0.220 e. The maximum atomic E-state index is 13.4. The third kappa shape index (κ3) is 4.51. The van der Waals surface area contributed by atoms with E-state index in [2.05, 4.69) is 21.2 Å². The molecule has 21 heavy (non-hydrogen) atoms. The summed E-state index contributed by atoms with van der Waals surface area (Å²) in [6.45, 7) is 0.914. The Morgan fingerprint density at radius 1 is 1.33 bits per heavy atom. The van der Waals surface area contributed by atoms with E-state index >= 15 is 0 Å². The van der Waals surface area contributed by atoms with Gasteiger partial charge in [0.1, 0.15) is 5.82 Å². The zero-order valence-corrected chi connectivity index (χ0v) is 13.7. The van der Waals surface area contributed by atoms with Gasteiger partial charge >= 0.3 is 0 Å². The van der Waals surface area contributed by atoms with Gasteiger partial charge in [0.15, 0.2) is 0 Å². The molecule has 1 amide bonds. The van der Waals surface area contributed by atoms with Gasteiger partial charge in [-0.2, -0.15) is 0 Å². The van der Waals surface area contributed by atoms with E-state index < -0.39 is 0 Å². The lowest BCUT2D eigenvalue weighted by Crippen LogP contribution is -2.38. The molecule has 0 aliphatic heterocycles. The van der Waals surface area contributed by atoms with E-state index in [9.17, 15) is 9.18 Å². The number of carbonyl (C=O) groups is 1. The summed E-state index contributed by atoms with van der Waals surface area (Å²) < 4.78 is 13.8. The van der Waals surface area contributed by atoms with Crippen LogP contribution in [0.5, 0.6) is 0 Å². The Morgan fingerprint density at radius 2 is 2.05 bits per heavy atom. The summed E-state index contributed by atoms with van der Waals surface area (Å²) in [5, 5.41) is 2.88. The molecule has 1 saturated carbocycles. The molecule has 1 aromatic carbocycles. The number of nitrogens with one attached hydrogen (secondary N) is 1. The zero-order valence-electron chi connectivity index (χ0n) is 12.1. The second-order valence-corrected chi connectivity index (χ2v) is 6.82. The maximum absolute atomic E-state index is 13.4. The van der Waals surface area contributed by atoms with Gasteiger partial charge in [0.2, 0.25) is 5.91 Å². The van der Waals surface area contributed by atoms with Crippen LogP contribution in [0.3, 0.4) is 0 Å². The van der Waals surface area contributed by atoms with Gasteiger partial charge in [-0.25, -0.2) is 4.39 Å². The first kappa shape index (κ1) is 16.4. The van der Waals surface area contributed by atoms with Gasteiger partial charge in [-0.05, 0) is 58.4 Å². The predicted octanol–water partition coefficient (Wildman–Crippen LogP) is 3.50. The van der Waals surface area contributed by atoms with Gasteiger partial charge in [-0.3, -0.25) is 4.79 Å². The van der Waals surface area contributed by atoms with Crippen LogP contribution in [0.2, 0.25) is 0 Å². The predicted molar refractivity (Wildman–Crippen MR) is 85.1 cm³/mol. The molecule has 116 valence electrons. The summed E-state index contributed by atoms with van der Waals surface area (Å²) >= 11 is 3.12. The van der Waals surface area contributed by atoms with E-state index in [1.807, 2.05) is 0 Å². The minimum atomic E-state index is -0.313. The van der Waals surface area contributed by atoms with Crippen LogP contribution < -0.4 is 11.1 Å². The van der Waals surface area contributed by atoms with Gasteiger partial charge in [-0.15, -0.1) is 0 Å². The lowest BCUT2D eigenvalue weighted by molar-refractivity contribution is -0.124. The number of rotatable bonds is 5. The van der Waals surface area contributed by atoms with Crippen LogP contribution in [0.25, 0.3) is 0 Å². The number of halogens is 2. The van der Waals surface area contributed by atoms with Gasteiger partial charge in [0.05, 0.1) is 4.47 Å². The van der Waals surface area contributed by atoms with Crippen molar-refractivity contribution < 1.29 is 9.18 Å². The Morgan fingerprint density at radius 3 is 2.67 bits per heavy atom.